The number of nitrogens with zero attached hydrogens (tertiary/aromatic N) is 2. The second-order valence-electron chi connectivity index (χ2n) is 10.3. The number of likely N-dealkylation sites (N-methyl/N-ethyl adjacent to an activating group) is 1. The Balaban J connectivity index is 1.68. The number of carbonyl (C=O) groups is 2. The molecule has 0 spiro atoms. The molecule has 1 aliphatic rings. The Hall–Kier alpha value is -3.88. The van der Waals surface area contributed by atoms with Gasteiger partial charge in [-0.3, -0.25) is 9.69 Å². The van der Waals surface area contributed by atoms with E-state index < -0.39 is 35.4 Å². The lowest BCUT2D eigenvalue weighted by atomic mass is 9.97. The van der Waals surface area contributed by atoms with Crippen LogP contribution in [-0.4, -0.2) is 64.9 Å². The second kappa shape index (κ2) is 13.6. The molecule has 1 N–H and O–H groups in total. The molecule has 1 saturated heterocycles. The van der Waals surface area contributed by atoms with Crippen LogP contribution in [0.3, 0.4) is 0 Å². The second-order valence-corrected chi connectivity index (χ2v) is 12.0. The van der Waals surface area contributed by atoms with Gasteiger partial charge in [0.05, 0.1) is 21.6 Å². The molecule has 0 atom stereocenters. The van der Waals surface area contributed by atoms with Crippen LogP contribution < -0.4 is 4.74 Å². The van der Waals surface area contributed by atoms with Gasteiger partial charge in [0, 0.05) is 18.7 Å². The maximum absolute atomic E-state index is 13.5. The largest absolute Gasteiger partial charge is 0.492 e. The van der Waals surface area contributed by atoms with Crippen molar-refractivity contribution in [2.45, 2.75) is 18.8 Å². The van der Waals surface area contributed by atoms with E-state index in [1.165, 1.54) is 41.3 Å². The lowest BCUT2D eigenvalue weighted by Gasteiger charge is -2.16. The Morgan fingerprint density at radius 2 is 1.58 bits per heavy atom. The van der Waals surface area contributed by atoms with E-state index in [1.807, 2.05) is 19.0 Å². The normalized spacial score (nSPS) is 15.0. The number of thioether (sulfide) groups is 1. The van der Waals surface area contributed by atoms with Crippen molar-refractivity contribution in [2.24, 2.45) is 0 Å². The standard InChI is InChI=1S/C31H26F6N2O4S2/c1-38(2)11-12-43-25-8-7-20(21-14-23(30(32,33)34)17-24(15-21)31(35,36)37)13-22(25)16-26-27(40)39(29(44)45-26)10-9-18-3-5-19(6-4-18)28(41)42/h3-8,13-17H,9-12H2,1-2H3,(H,41,42). The first-order valence-electron chi connectivity index (χ1n) is 13.3. The van der Waals surface area contributed by atoms with Gasteiger partial charge < -0.3 is 14.7 Å². The predicted molar refractivity (Wildman–Crippen MR) is 163 cm³/mol. The van der Waals surface area contributed by atoms with Gasteiger partial charge in [-0.25, -0.2) is 4.79 Å². The van der Waals surface area contributed by atoms with Gasteiger partial charge >= 0.3 is 18.3 Å². The number of carboxylic acid groups (broad SMARTS) is 1. The lowest BCUT2D eigenvalue weighted by Crippen LogP contribution is -2.30. The van der Waals surface area contributed by atoms with Crippen LogP contribution in [0.25, 0.3) is 17.2 Å². The molecule has 45 heavy (non-hydrogen) atoms. The fraction of sp³-hybridized carbons (Fsp3) is 0.258. The van der Waals surface area contributed by atoms with Crippen molar-refractivity contribution in [1.82, 2.24) is 9.80 Å². The van der Waals surface area contributed by atoms with Crippen LogP contribution in [0, 0.1) is 0 Å². The van der Waals surface area contributed by atoms with E-state index in [4.69, 9.17) is 22.1 Å². The van der Waals surface area contributed by atoms with E-state index in [2.05, 4.69) is 0 Å². The number of carboxylic acids is 1. The van der Waals surface area contributed by atoms with Crippen LogP contribution >= 0.6 is 24.0 Å². The first-order valence-corrected chi connectivity index (χ1v) is 14.5. The molecule has 238 valence electrons. The molecular weight excluding hydrogens is 642 g/mol. The average molecular weight is 669 g/mol. The molecule has 3 aromatic carbocycles. The number of amides is 1. The summed E-state index contributed by atoms with van der Waals surface area (Å²) in [5.41, 5.74) is -1.98. The minimum absolute atomic E-state index is 0.0538. The zero-order valence-electron chi connectivity index (χ0n) is 23.8. The van der Waals surface area contributed by atoms with Gasteiger partial charge in [-0.05, 0) is 85.7 Å². The molecule has 6 nitrogen and oxygen atoms in total. The van der Waals surface area contributed by atoms with Crippen LogP contribution in [0.4, 0.5) is 26.3 Å². The van der Waals surface area contributed by atoms with E-state index in [1.54, 1.807) is 12.1 Å². The topological polar surface area (TPSA) is 70.1 Å². The number of ether oxygens (including phenoxy) is 1. The van der Waals surface area contributed by atoms with E-state index >= 15 is 0 Å². The third kappa shape index (κ3) is 8.65. The van der Waals surface area contributed by atoms with Crippen molar-refractivity contribution in [1.29, 1.82) is 0 Å². The van der Waals surface area contributed by atoms with Crippen molar-refractivity contribution in [2.75, 3.05) is 33.8 Å². The highest BCUT2D eigenvalue weighted by Crippen LogP contribution is 2.40. The van der Waals surface area contributed by atoms with E-state index in [0.717, 1.165) is 17.3 Å². The smallest absolute Gasteiger partial charge is 0.416 e. The summed E-state index contributed by atoms with van der Waals surface area (Å²) in [5, 5.41) is 9.08. The monoisotopic (exact) mass is 668 g/mol. The predicted octanol–water partition coefficient (Wildman–Crippen LogP) is 7.47. The number of halogens is 6. The summed E-state index contributed by atoms with van der Waals surface area (Å²) in [6, 6.07) is 11.7. The highest BCUT2D eigenvalue weighted by molar-refractivity contribution is 8.26. The van der Waals surface area contributed by atoms with E-state index in [0.29, 0.717) is 25.1 Å². The number of aromatic carboxylic acids is 1. The fourth-order valence-electron chi connectivity index (χ4n) is 4.32. The van der Waals surface area contributed by atoms with Gasteiger partial charge in [0.25, 0.3) is 5.91 Å². The average Bonchev–Trinajstić information content (AvgIpc) is 3.22. The minimum atomic E-state index is -5.01. The highest BCUT2D eigenvalue weighted by atomic mass is 32.2. The SMILES string of the molecule is CN(C)CCOc1ccc(-c2cc(C(F)(F)F)cc(C(F)(F)F)c2)cc1C=C1SC(=S)N(CCc2ccc(C(=O)O)cc2)C1=O. The van der Waals surface area contributed by atoms with Gasteiger partial charge in [-0.2, -0.15) is 26.3 Å². The van der Waals surface area contributed by atoms with Crippen LogP contribution in [0.1, 0.15) is 32.6 Å². The third-order valence-electron chi connectivity index (χ3n) is 6.71. The van der Waals surface area contributed by atoms with Gasteiger partial charge in [-0.15, -0.1) is 0 Å². The molecular formula is C31H26F6N2O4S2. The van der Waals surface area contributed by atoms with Gasteiger partial charge in [0.2, 0.25) is 0 Å². The van der Waals surface area contributed by atoms with Crippen LogP contribution in [0.15, 0.2) is 65.6 Å². The number of hydrogen-bond acceptors (Lipinski definition) is 6. The fourth-order valence-corrected chi connectivity index (χ4v) is 5.62. The summed E-state index contributed by atoms with van der Waals surface area (Å²) in [4.78, 5) is 27.9. The van der Waals surface area contributed by atoms with Gasteiger partial charge in [0.15, 0.2) is 0 Å². The number of alkyl halides is 6. The zero-order valence-corrected chi connectivity index (χ0v) is 25.5. The first kappa shape index (κ1) is 34.0. The van der Waals surface area contributed by atoms with Crippen molar-refractivity contribution in [3.05, 3.63) is 93.4 Å². The quantitative estimate of drug-likeness (QED) is 0.137. The summed E-state index contributed by atoms with van der Waals surface area (Å²) < 4.78 is 87.3. The molecule has 0 saturated carbocycles. The van der Waals surface area contributed by atoms with Crippen molar-refractivity contribution < 1.29 is 45.8 Å². The Morgan fingerprint density at radius 1 is 0.956 bits per heavy atom. The number of carbonyl (C=O) groups excluding carboxylic acids is 1. The molecule has 0 unspecified atom stereocenters. The van der Waals surface area contributed by atoms with Crippen molar-refractivity contribution >= 4 is 46.3 Å². The van der Waals surface area contributed by atoms with Gasteiger partial charge in [0.1, 0.15) is 16.7 Å². The molecule has 1 amide bonds. The number of rotatable bonds is 10. The Kier molecular flexibility index (Phi) is 10.3. The van der Waals surface area contributed by atoms with Crippen molar-refractivity contribution in [3.63, 3.8) is 0 Å². The molecule has 1 heterocycles. The molecule has 3 aromatic rings. The molecule has 1 fully saturated rings. The summed E-state index contributed by atoms with van der Waals surface area (Å²) in [5.74, 6) is -1.23. The summed E-state index contributed by atoms with van der Waals surface area (Å²) in [7, 11) is 3.65. The lowest BCUT2D eigenvalue weighted by molar-refractivity contribution is -0.143. The summed E-state index contributed by atoms with van der Waals surface area (Å²) >= 11 is 6.41. The van der Waals surface area contributed by atoms with E-state index in [-0.39, 0.29) is 56.4 Å². The molecule has 0 aliphatic carbocycles. The summed E-state index contributed by atoms with van der Waals surface area (Å²) in [6.07, 6.45) is -8.19. The molecule has 0 aromatic heterocycles. The first-order chi connectivity index (χ1) is 21.0. The Morgan fingerprint density at radius 3 is 2.13 bits per heavy atom. The number of hydrogen-bond donors (Lipinski definition) is 1. The van der Waals surface area contributed by atoms with Crippen LogP contribution in [-0.2, 0) is 23.6 Å². The van der Waals surface area contributed by atoms with Crippen LogP contribution in [0.2, 0.25) is 0 Å². The minimum Gasteiger partial charge on any atom is -0.492 e. The third-order valence-corrected chi connectivity index (χ3v) is 8.09. The number of thiocarbonyl (C=S) groups is 1. The summed E-state index contributed by atoms with van der Waals surface area (Å²) in [6.45, 7) is 0.932. The number of benzene rings is 3. The van der Waals surface area contributed by atoms with Gasteiger partial charge in [-0.1, -0.05) is 42.2 Å². The molecule has 1 aliphatic heterocycles. The molecule has 14 heteroatoms. The maximum atomic E-state index is 13.5. The Bertz CT molecular complexity index is 1600. The van der Waals surface area contributed by atoms with E-state index in [9.17, 15) is 35.9 Å². The molecule has 0 radical (unpaired) electrons. The molecule has 0 bridgehead atoms. The molecule has 4 rings (SSSR count). The van der Waals surface area contributed by atoms with Crippen molar-refractivity contribution in [3.8, 4) is 16.9 Å². The Labute approximate surface area is 264 Å². The van der Waals surface area contributed by atoms with Crippen LogP contribution in [0.5, 0.6) is 5.75 Å². The highest BCUT2D eigenvalue weighted by Gasteiger charge is 2.37. The maximum Gasteiger partial charge on any atom is 0.416 e. The zero-order chi connectivity index (χ0) is 33.1.